The predicted octanol–water partition coefficient (Wildman–Crippen LogP) is 3.77. The summed E-state index contributed by atoms with van der Waals surface area (Å²) in [6, 6.07) is 5.84. The second kappa shape index (κ2) is 6.79. The number of halogens is 2. The maximum absolute atomic E-state index is 14.4. The topological polar surface area (TPSA) is 51.7 Å². The van der Waals surface area contributed by atoms with Crippen LogP contribution in [0.5, 0.6) is 11.5 Å². The van der Waals surface area contributed by atoms with Gasteiger partial charge >= 0.3 is 0 Å². The molecule has 142 valence electrons. The number of amides is 1. The summed E-state index contributed by atoms with van der Waals surface area (Å²) in [6.45, 7) is 0.170. The number of hydrogen-bond acceptors (Lipinski definition) is 4. The first-order valence-corrected chi connectivity index (χ1v) is 8.89. The Morgan fingerprint density at radius 1 is 1.00 bits per heavy atom. The third kappa shape index (κ3) is 3.34. The van der Waals surface area contributed by atoms with Crippen molar-refractivity contribution < 1.29 is 23.0 Å². The predicted molar refractivity (Wildman–Crippen MR) is 95.4 cm³/mol. The Morgan fingerprint density at radius 3 is 2.22 bits per heavy atom. The van der Waals surface area contributed by atoms with Crippen molar-refractivity contribution in [3.63, 3.8) is 0 Å². The first-order chi connectivity index (χ1) is 13.0. The molecule has 5 nitrogen and oxygen atoms in total. The van der Waals surface area contributed by atoms with E-state index < -0.39 is 17.6 Å². The lowest BCUT2D eigenvalue weighted by Crippen LogP contribution is -2.25. The summed E-state index contributed by atoms with van der Waals surface area (Å²) in [5, 5.41) is 0. The molecule has 2 aliphatic rings. The number of anilines is 1. The molecule has 2 heterocycles. The van der Waals surface area contributed by atoms with Crippen molar-refractivity contribution in [1.29, 1.82) is 0 Å². The molecule has 2 aromatic rings. The fraction of sp³-hybridized carbons (Fsp3) is 0.400. The lowest BCUT2D eigenvalue weighted by molar-refractivity contribution is -0.117. The van der Waals surface area contributed by atoms with Crippen LogP contribution in [0.3, 0.4) is 0 Å². The molecule has 7 heteroatoms. The van der Waals surface area contributed by atoms with E-state index in [9.17, 15) is 13.6 Å². The van der Waals surface area contributed by atoms with E-state index in [-0.39, 0.29) is 30.2 Å². The quantitative estimate of drug-likeness (QED) is 0.799. The van der Waals surface area contributed by atoms with Gasteiger partial charge in [-0.3, -0.25) is 9.69 Å². The molecule has 1 aliphatic heterocycles. The van der Waals surface area contributed by atoms with E-state index in [1.54, 1.807) is 13.2 Å². The first-order valence-electron chi connectivity index (χ1n) is 8.89. The van der Waals surface area contributed by atoms with Gasteiger partial charge in [0.2, 0.25) is 5.91 Å². The molecule has 4 rings (SSSR count). The van der Waals surface area contributed by atoms with Crippen molar-refractivity contribution >= 4 is 11.7 Å². The van der Waals surface area contributed by atoms with Gasteiger partial charge in [-0.25, -0.2) is 13.8 Å². The summed E-state index contributed by atoms with van der Waals surface area (Å²) < 4.78 is 39.1. The van der Waals surface area contributed by atoms with Crippen LogP contribution in [0.2, 0.25) is 0 Å². The summed E-state index contributed by atoms with van der Waals surface area (Å²) in [5.74, 6) is -0.606. The summed E-state index contributed by atoms with van der Waals surface area (Å²) in [6.07, 6.45) is 2.16. The number of carbonyl (C=O) groups excluding carboxylic acids is 1. The van der Waals surface area contributed by atoms with Crippen LogP contribution in [0.25, 0.3) is 0 Å². The standard InChI is InChI=1S/C20H20F2N2O3/c1-26-13-6-15(21)20(16(22)7-13)12-5-19(25)24(10-12)18-9-14(27-2)8-17(23-18)11-3-4-11/h6-9,11-12H,3-5,10H2,1-2H3/t12-/m0/s1. The second-order valence-corrected chi connectivity index (χ2v) is 6.97. The van der Waals surface area contributed by atoms with E-state index in [0.29, 0.717) is 17.5 Å². The molecule has 1 atom stereocenters. The van der Waals surface area contributed by atoms with E-state index >= 15 is 0 Å². The molecule has 0 N–H and O–H groups in total. The molecule has 1 aromatic heterocycles. The third-order valence-corrected chi connectivity index (χ3v) is 5.13. The van der Waals surface area contributed by atoms with Crippen LogP contribution in [-0.2, 0) is 4.79 Å². The van der Waals surface area contributed by atoms with Gasteiger partial charge in [-0.2, -0.15) is 0 Å². The Kier molecular flexibility index (Phi) is 4.45. The highest BCUT2D eigenvalue weighted by molar-refractivity contribution is 5.95. The van der Waals surface area contributed by atoms with Crippen LogP contribution in [0.1, 0.15) is 42.4 Å². The number of rotatable bonds is 5. The highest BCUT2D eigenvalue weighted by atomic mass is 19.1. The van der Waals surface area contributed by atoms with E-state index in [4.69, 9.17) is 9.47 Å². The molecule has 0 radical (unpaired) electrons. The molecule has 1 saturated carbocycles. The van der Waals surface area contributed by atoms with Gasteiger partial charge < -0.3 is 9.47 Å². The number of hydrogen-bond donors (Lipinski definition) is 0. The monoisotopic (exact) mass is 374 g/mol. The van der Waals surface area contributed by atoms with E-state index in [1.165, 1.54) is 12.0 Å². The minimum atomic E-state index is -0.705. The number of pyridine rings is 1. The maximum Gasteiger partial charge on any atom is 0.228 e. The highest BCUT2D eigenvalue weighted by Gasteiger charge is 2.36. The summed E-state index contributed by atoms with van der Waals surface area (Å²) in [4.78, 5) is 18.7. The number of nitrogens with zero attached hydrogens (tertiary/aromatic N) is 2. The van der Waals surface area contributed by atoms with Gasteiger partial charge in [0, 0.05) is 60.3 Å². The highest BCUT2D eigenvalue weighted by Crippen LogP contribution is 2.42. The Hall–Kier alpha value is -2.70. The number of ether oxygens (including phenoxy) is 2. The molecule has 1 amide bonds. The maximum atomic E-state index is 14.4. The number of carbonyl (C=O) groups is 1. The van der Waals surface area contributed by atoms with E-state index in [1.807, 2.05) is 6.07 Å². The van der Waals surface area contributed by atoms with Gasteiger partial charge in [0.25, 0.3) is 0 Å². The Bertz CT molecular complexity index is 876. The van der Waals surface area contributed by atoms with Gasteiger partial charge in [-0.15, -0.1) is 0 Å². The molecular formula is C20H20F2N2O3. The van der Waals surface area contributed by atoms with Gasteiger partial charge in [0.05, 0.1) is 14.2 Å². The lowest BCUT2D eigenvalue weighted by Gasteiger charge is -2.18. The van der Waals surface area contributed by atoms with Crippen LogP contribution in [0.15, 0.2) is 24.3 Å². The molecule has 1 saturated heterocycles. The van der Waals surface area contributed by atoms with E-state index in [0.717, 1.165) is 30.7 Å². The Morgan fingerprint density at radius 2 is 1.63 bits per heavy atom. The van der Waals surface area contributed by atoms with Crippen molar-refractivity contribution in [2.24, 2.45) is 0 Å². The molecular weight excluding hydrogens is 354 g/mol. The molecule has 1 aliphatic carbocycles. The van der Waals surface area contributed by atoms with Gasteiger partial charge in [-0.1, -0.05) is 0 Å². The Balaban J connectivity index is 1.65. The minimum absolute atomic E-state index is 0.0256. The lowest BCUT2D eigenvalue weighted by atomic mass is 9.97. The van der Waals surface area contributed by atoms with Crippen molar-refractivity contribution in [2.45, 2.75) is 31.1 Å². The van der Waals surface area contributed by atoms with Gasteiger partial charge in [-0.05, 0) is 12.8 Å². The van der Waals surface area contributed by atoms with Gasteiger partial charge in [0.15, 0.2) is 0 Å². The summed E-state index contributed by atoms with van der Waals surface area (Å²) in [7, 11) is 2.91. The third-order valence-electron chi connectivity index (χ3n) is 5.13. The Labute approximate surface area is 155 Å². The van der Waals surface area contributed by atoms with Crippen LogP contribution in [0, 0.1) is 11.6 Å². The van der Waals surface area contributed by atoms with Crippen LogP contribution >= 0.6 is 0 Å². The zero-order valence-corrected chi connectivity index (χ0v) is 15.2. The molecule has 1 aromatic carbocycles. The normalized spacial score (nSPS) is 19.5. The minimum Gasteiger partial charge on any atom is -0.497 e. The van der Waals surface area contributed by atoms with Crippen molar-refractivity contribution in [3.05, 3.63) is 47.2 Å². The van der Waals surface area contributed by atoms with Gasteiger partial charge in [0.1, 0.15) is 29.0 Å². The second-order valence-electron chi connectivity index (χ2n) is 6.97. The number of benzene rings is 1. The zero-order valence-electron chi connectivity index (χ0n) is 15.2. The summed E-state index contributed by atoms with van der Waals surface area (Å²) >= 11 is 0. The smallest absolute Gasteiger partial charge is 0.228 e. The fourth-order valence-electron chi connectivity index (χ4n) is 3.55. The number of aromatic nitrogens is 1. The van der Waals surface area contributed by atoms with Crippen molar-refractivity contribution in [2.75, 3.05) is 25.7 Å². The van der Waals surface area contributed by atoms with Crippen molar-refractivity contribution in [1.82, 2.24) is 4.98 Å². The molecule has 2 fully saturated rings. The van der Waals surface area contributed by atoms with Crippen LogP contribution < -0.4 is 14.4 Å². The first kappa shape index (κ1) is 17.7. The molecule has 0 unspecified atom stereocenters. The van der Waals surface area contributed by atoms with Crippen LogP contribution in [-0.4, -0.2) is 31.7 Å². The average Bonchev–Trinajstić information content (AvgIpc) is 3.43. The van der Waals surface area contributed by atoms with E-state index in [2.05, 4.69) is 4.98 Å². The average molecular weight is 374 g/mol. The SMILES string of the molecule is COc1cc(C2CC2)nc(N2C[C@@H](c3c(F)cc(OC)cc3F)CC2=O)c1. The fourth-order valence-corrected chi connectivity index (χ4v) is 3.55. The summed E-state index contributed by atoms with van der Waals surface area (Å²) in [5.41, 5.74) is 0.805. The van der Waals surface area contributed by atoms with Crippen molar-refractivity contribution in [3.8, 4) is 11.5 Å². The van der Waals surface area contributed by atoms with Crippen LogP contribution in [0.4, 0.5) is 14.6 Å². The largest absolute Gasteiger partial charge is 0.497 e. The molecule has 0 spiro atoms. The molecule has 0 bridgehead atoms. The number of methoxy groups -OCH3 is 2. The zero-order chi connectivity index (χ0) is 19.1. The molecule has 27 heavy (non-hydrogen) atoms.